The van der Waals surface area contributed by atoms with Gasteiger partial charge < -0.3 is 14.6 Å². The van der Waals surface area contributed by atoms with E-state index in [1.807, 2.05) is 12.1 Å². The number of hydrogen-bond donors (Lipinski definition) is 1. The molecular formula is C26H16BrClN2O5S. The number of nitrogens with zero attached hydrogens (tertiary/aromatic N) is 2. The molecule has 1 aromatic heterocycles. The van der Waals surface area contributed by atoms with E-state index in [0.717, 1.165) is 9.17 Å². The van der Waals surface area contributed by atoms with Gasteiger partial charge in [0.2, 0.25) is 0 Å². The molecule has 1 N–H and O–H groups in total. The zero-order valence-corrected chi connectivity index (χ0v) is 21.6. The summed E-state index contributed by atoms with van der Waals surface area (Å²) in [6, 6.07) is 16.5. The molecule has 1 fully saturated rings. The standard InChI is InChI=1S/C26H16BrClN2O5S/c27-15-4-1-13(2-5-15)22-21(23(31)14-3-8-18-19(11-14)35-10-9-34-18)24(32)25(33)30(22)26-29-17-7-6-16(28)12-20(17)36-26/h1-8,11-12,22,31H,9-10H2/t22-/m0/s1. The van der Waals surface area contributed by atoms with Crippen molar-refractivity contribution in [3.63, 3.8) is 0 Å². The topological polar surface area (TPSA) is 89.0 Å². The number of fused-ring (bicyclic) bond motifs is 2. The Morgan fingerprint density at radius 3 is 2.56 bits per heavy atom. The smallest absolute Gasteiger partial charge is 0.301 e. The van der Waals surface area contributed by atoms with Gasteiger partial charge in [0, 0.05) is 15.1 Å². The number of aliphatic hydroxyl groups excluding tert-OH is 1. The summed E-state index contributed by atoms with van der Waals surface area (Å²) < 4.78 is 12.8. The molecule has 0 unspecified atom stereocenters. The second-order valence-corrected chi connectivity index (χ2v) is 10.5. The van der Waals surface area contributed by atoms with Gasteiger partial charge >= 0.3 is 5.91 Å². The van der Waals surface area contributed by atoms with Crippen LogP contribution in [0.3, 0.4) is 0 Å². The van der Waals surface area contributed by atoms with E-state index in [2.05, 4.69) is 20.9 Å². The van der Waals surface area contributed by atoms with Crippen LogP contribution in [0, 0.1) is 0 Å². The second-order valence-electron chi connectivity index (χ2n) is 8.19. The molecule has 0 bridgehead atoms. The molecular weight excluding hydrogens is 568 g/mol. The third-order valence-electron chi connectivity index (χ3n) is 5.99. The van der Waals surface area contributed by atoms with E-state index in [9.17, 15) is 14.7 Å². The Morgan fingerprint density at radius 1 is 1.03 bits per heavy atom. The van der Waals surface area contributed by atoms with Crippen LogP contribution >= 0.6 is 38.9 Å². The fraction of sp³-hybridized carbons (Fsp3) is 0.115. The normalized spacial score (nSPS) is 18.7. The largest absolute Gasteiger partial charge is 0.507 e. The van der Waals surface area contributed by atoms with Gasteiger partial charge in [-0.1, -0.05) is 51.0 Å². The Kier molecular flexibility index (Phi) is 5.70. The maximum absolute atomic E-state index is 13.4. The zero-order chi connectivity index (χ0) is 25.0. The highest BCUT2D eigenvalue weighted by Gasteiger charge is 2.48. The Bertz CT molecular complexity index is 1580. The number of rotatable bonds is 3. The number of thiazole rings is 1. The second kappa shape index (κ2) is 8.92. The number of amides is 1. The molecule has 6 rings (SSSR count). The minimum absolute atomic E-state index is 0.0312. The highest BCUT2D eigenvalue weighted by atomic mass is 79.9. The van der Waals surface area contributed by atoms with E-state index in [1.165, 1.54) is 16.2 Å². The molecule has 0 radical (unpaired) electrons. The third kappa shape index (κ3) is 3.84. The van der Waals surface area contributed by atoms with Gasteiger partial charge in [-0.2, -0.15) is 0 Å². The number of halogens is 2. The summed E-state index contributed by atoms with van der Waals surface area (Å²) in [7, 11) is 0. The number of aliphatic hydroxyl groups is 1. The first kappa shape index (κ1) is 23.0. The molecule has 180 valence electrons. The number of Topliss-reactive ketones (excluding diaryl/α,β-unsaturated/α-hetero) is 1. The van der Waals surface area contributed by atoms with Gasteiger partial charge in [0.25, 0.3) is 5.78 Å². The summed E-state index contributed by atoms with van der Waals surface area (Å²) >= 11 is 10.8. The Balaban J connectivity index is 1.54. The highest BCUT2D eigenvalue weighted by molar-refractivity contribution is 9.10. The van der Waals surface area contributed by atoms with Crippen LogP contribution in [-0.4, -0.2) is 35.0 Å². The van der Waals surface area contributed by atoms with Crippen molar-refractivity contribution in [1.29, 1.82) is 0 Å². The number of ketones is 1. The van der Waals surface area contributed by atoms with Gasteiger partial charge in [0.05, 0.1) is 21.8 Å². The fourth-order valence-corrected chi connectivity index (χ4v) is 5.86. The van der Waals surface area contributed by atoms with Gasteiger partial charge in [-0.3, -0.25) is 14.5 Å². The number of benzene rings is 3. The monoisotopic (exact) mass is 582 g/mol. The molecule has 1 saturated heterocycles. The molecule has 3 aromatic carbocycles. The lowest BCUT2D eigenvalue weighted by molar-refractivity contribution is -0.132. The molecule has 1 atom stereocenters. The first-order chi connectivity index (χ1) is 17.4. The van der Waals surface area contributed by atoms with Gasteiger partial charge in [-0.05, 0) is 54.1 Å². The van der Waals surface area contributed by atoms with Crippen molar-refractivity contribution >= 4 is 71.7 Å². The SMILES string of the molecule is O=C1C(=O)N(c2nc3ccc(Cl)cc3s2)[C@@H](c2ccc(Br)cc2)C1=C(O)c1ccc2c(c1)OCCO2. The Morgan fingerprint density at radius 2 is 1.78 bits per heavy atom. The van der Waals surface area contributed by atoms with E-state index in [0.29, 0.717) is 51.5 Å². The summed E-state index contributed by atoms with van der Waals surface area (Å²) in [6.07, 6.45) is 0. The van der Waals surface area contributed by atoms with Gasteiger partial charge in [-0.15, -0.1) is 0 Å². The molecule has 0 aliphatic carbocycles. The van der Waals surface area contributed by atoms with Crippen molar-refractivity contribution in [2.24, 2.45) is 0 Å². The molecule has 0 saturated carbocycles. The molecule has 3 heterocycles. The van der Waals surface area contributed by atoms with E-state index in [4.69, 9.17) is 21.1 Å². The molecule has 10 heteroatoms. The van der Waals surface area contributed by atoms with Crippen molar-refractivity contribution in [1.82, 2.24) is 4.98 Å². The number of anilines is 1. The summed E-state index contributed by atoms with van der Waals surface area (Å²) in [5.74, 6) is -0.858. The van der Waals surface area contributed by atoms with Crippen molar-refractivity contribution in [3.05, 3.63) is 86.9 Å². The van der Waals surface area contributed by atoms with E-state index >= 15 is 0 Å². The minimum Gasteiger partial charge on any atom is -0.507 e. The van der Waals surface area contributed by atoms with Crippen LogP contribution in [0.2, 0.25) is 5.02 Å². The average Bonchev–Trinajstić information content (AvgIpc) is 3.41. The minimum atomic E-state index is -0.887. The first-order valence-electron chi connectivity index (χ1n) is 10.9. The maximum Gasteiger partial charge on any atom is 0.301 e. The number of ether oxygens (including phenoxy) is 2. The first-order valence-corrected chi connectivity index (χ1v) is 12.9. The number of aromatic nitrogens is 1. The molecule has 2 aliphatic heterocycles. The lowest BCUT2D eigenvalue weighted by atomic mass is 9.95. The number of carbonyl (C=O) groups excluding carboxylic acids is 2. The number of carbonyl (C=O) groups is 2. The Labute approximate surface area is 222 Å². The predicted octanol–water partition coefficient (Wildman–Crippen LogP) is 6.11. The van der Waals surface area contributed by atoms with Crippen molar-refractivity contribution in [2.45, 2.75) is 6.04 Å². The molecule has 0 spiro atoms. The molecule has 1 amide bonds. The van der Waals surface area contributed by atoms with Gasteiger partial charge in [-0.25, -0.2) is 4.98 Å². The predicted molar refractivity (Wildman–Crippen MR) is 141 cm³/mol. The van der Waals surface area contributed by atoms with Crippen LogP contribution in [-0.2, 0) is 9.59 Å². The summed E-state index contributed by atoms with van der Waals surface area (Å²) in [6.45, 7) is 0.808. The van der Waals surface area contributed by atoms with Crippen LogP contribution in [0.15, 0.2) is 70.7 Å². The van der Waals surface area contributed by atoms with Crippen LogP contribution in [0.25, 0.3) is 16.0 Å². The lowest BCUT2D eigenvalue weighted by Gasteiger charge is -2.23. The van der Waals surface area contributed by atoms with E-state index in [-0.39, 0.29) is 11.3 Å². The van der Waals surface area contributed by atoms with Crippen molar-refractivity contribution in [2.75, 3.05) is 18.1 Å². The van der Waals surface area contributed by atoms with E-state index < -0.39 is 17.7 Å². The van der Waals surface area contributed by atoms with Gasteiger partial charge in [0.15, 0.2) is 16.6 Å². The fourth-order valence-electron chi connectivity index (χ4n) is 4.33. The summed E-state index contributed by atoms with van der Waals surface area (Å²) in [5.41, 5.74) is 1.61. The molecule has 2 aliphatic rings. The summed E-state index contributed by atoms with van der Waals surface area (Å²) in [4.78, 5) is 32.7. The average molecular weight is 584 g/mol. The van der Waals surface area contributed by atoms with Crippen LogP contribution in [0.5, 0.6) is 11.5 Å². The quantitative estimate of drug-likeness (QED) is 0.178. The highest BCUT2D eigenvalue weighted by Crippen LogP contribution is 2.45. The van der Waals surface area contributed by atoms with Crippen LogP contribution < -0.4 is 14.4 Å². The molecule has 4 aromatic rings. The van der Waals surface area contributed by atoms with Crippen molar-refractivity contribution in [3.8, 4) is 11.5 Å². The van der Waals surface area contributed by atoms with Crippen LogP contribution in [0.1, 0.15) is 17.2 Å². The zero-order valence-electron chi connectivity index (χ0n) is 18.4. The van der Waals surface area contributed by atoms with Gasteiger partial charge in [0.1, 0.15) is 19.0 Å². The maximum atomic E-state index is 13.4. The number of hydrogen-bond acceptors (Lipinski definition) is 7. The van der Waals surface area contributed by atoms with Crippen molar-refractivity contribution < 1.29 is 24.2 Å². The third-order valence-corrected chi connectivity index (χ3v) is 7.77. The summed E-state index contributed by atoms with van der Waals surface area (Å²) in [5, 5.41) is 12.3. The van der Waals surface area contributed by atoms with E-state index in [1.54, 1.807) is 48.5 Å². The van der Waals surface area contributed by atoms with Crippen LogP contribution in [0.4, 0.5) is 5.13 Å². The lowest BCUT2D eigenvalue weighted by Crippen LogP contribution is -2.29. The Hall–Kier alpha value is -3.40. The molecule has 7 nitrogen and oxygen atoms in total. The molecule has 36 heavy (non-hydrogen) atoms.